The topological polar surface area (TPSA) is 63.5 Å². The van der Waals surface area contributed by atoms with Crippen LogP contribution in [0.5, 0.6) is 0 Å². The van der Waals surface area contributed by atoms with Gasteiger partial charge in [-0.2, -0.15) is 0 Å². The maximum absolute atomic E-state index is 12.7. The van der Waals surface area contributed by atoms with Gasteiger partial charge in [0.2, 0.25) is 0 Å². The Bertz CT molecular complexity index is 944. The van der Waals surface area contributed by atoms with E-state index >= 15 is 0 Å². The number of aryl methyl sites for hydroxylation is 2. The van der Waals surface area contributed by atoms with Crippen molar-refractivity contribution in [2.75, 3.05) is 5.32 Å². The molecule has 0 saturated carbocycles. The van der Waals surface area contributed by atoms with Gasteiger partial charge in [0.1, 0.15) is 5.69 Å². The Hall–Kier alpha value is -1.99. The van der Waals surface area contributed by atoms with Gasteiger partial charge in [-0.05, 0) is 37.6 Å². The number of thiazole rings is 1. The van der Waals surface area contributed by atoms with E-state index in [0.29, 0.717) is 16.2 Å². The Morgan fingerprint density at radius 2 is 2.04 bits per heavy atom. The first kappa shape index (κ1) is 15.9. The van der Waals surface area contributed by atoms with Crippen LogP contribution in [0, 0.1) is 6.92 Å². The lowest BCUT2D eigenvalue weighted by Crippen LogP contribution is -2.25. The van der Waals surface area contributed by atoms with E-state index < -0.39 is 0 Å². The fraction of sp³-hybridized carbons (Fsp3) is 0.188. The first-order chi connectivity index (χ1) is 11.0. The summed E-state index contributed by atoms with van der Waals surface area (Å²) < 4.78 is 2.45. The molecule has 0 aliphatic rings. The summed E-state index contributed by atoms with van der Waals surface area (Å²) in [6.07, 6.45) is 0.727. The van der Waals surface area contributed by atoms with Crippen LogP contribution in [-0.4, -0.2) is 15.3 Å². The first-order valence-corrected chi connectivity index (χ1v) is 8.75. The number of hydrogen-bond acceptors (Lipinski definition) is 4. The van der Waals surface area contributed by atoms with Crippen molar-refractivity contribution < 1.29 is 4.79 Å². The summed E-state index contributed by atoms with van der Waals surface area (Å²) in [6, 6.07) is 6.95. The summed E-state index contributed by atoms with van der Waals surface area (Å²) in [6.45, 7) is 3.71. The number of nitrogens with one attached hydrogen (secondary N) is 1. The van der Waals surface area contributed by atoms with E-state index in [1.54, 1.807) is 35.6 Å². The molecule has 0 aliphatic heterocycles. The maximum Gasteiger partial charge on any atom is 0.282 e. The van der Waals surface area contributed by atoms with Gasteiger partial charge in [-0.1, -0.05) is 22.9 Å². The summed E-state index contributed by atoms with van der Waals surface area (Å²) in [5.74, 6) is -0.326. The number of benzene rings is 1. The predicted octanol–water partition coefficient (Wildman–Crippen LogP) is 3.64. The van der Waals surface area contributed by atoms with Crippen molar-refractivity contribution in [1.82, 2.24) is 9.38 Å². The quantitative estimate of drug-likeness (QED) is 0.740. The number of aromatic nitrogens is 2. The summed E-state index contributed by atoms with van der Waals surface area (Å²) in [4.78, 5) is 30.1. The van der Waals surface area contributed by atoms with Gasteiger partial charge in [-0.25, -0.2) is 4.98 Å². The van der Waals surface area contributed by atoms with Crippen molar-refractivity contribution in [3.05, 3.63) is 61.4 Å². The summed E-state index contributed by atoms with van der Waals surface area (Å²) in [7, 11) is 0. The number of halogens is 1. The molecule has 118 valence electrons. The summed E-state index contributed by atoms with van der Waals surface area (Å²) in [5.41, 5.74) is 1.88. The molecule has 5 nitrogen and oxygen atoms in total. The predicted molar refractivity (Wildman–Crippen MR) is 95.5 cm³/mol. The monoisotopic (exact) mass is 391 g/mol. The third kappa shape index (κ3) is 2.94. The normalized spacial score (nSPS) is 10.9. The van der Waals surface area contributed by atoms with Crippen LogP contribution in [0.3, 0.4) is 0 Å². The van der Waals surface area contributed by atoms with Gasteiger partial charge >= 0.3 is 0 Å². The highest BCUT2D eigenvalue weighted by Gasteiger charge is 2.16. The van der Waals surface area contributed by atoms with E-state index in [0.717, 1.165) is 16.6 Å². The molecule has 1 aromatic carbocycles. The molecule has 0 atom stereocenters. The second-order valence-corrected chi connectivity index (χ2v) is 6.79. The molecule has 7 heteroatoms. The first-order valence-electron chi connectivity index (χ1n) is 7.08. The molecule has 0 aliphatic carbocycles. The smallest absolute Gasteiger partial charge is 0.282 e. The van der Waals surface area contributed by atoms with Crippen LogP contribution in [-0.2, 0) is 6.42 Å². The molecule has 23 heavy (non-hydrogen) atoms. The highest BCUT2D eigenvalue weighted by Crippen LogP contribution is 2.18. The van der Waals surface area contributed by atoms with E-state index in [2.05, 4.69) is 26.2 Å². The molecule has 3 rings (SSSR count). The van der Waals surface area contributed by atoms with E-state index in [-0.39, 0.29) is 17.2 Å². The van der Waals surface area contributed by atoms with Gasteiger partial charge in [0.25, 0.3) is 11.5 Å². The van der Waals surface area contributed by atoms with Crippen LogP contribution in [0.4, 0.5) is 5.69 Å². The number of carbonyl (C=O) groups excluding carboxylic acids is 1. The highest BCUT2D eigenvalue weighted by atomic mass is 79.9. The summed E-state index contributed by atoms with van der Waals surface area (Å²) in [5, 5.41) is 4.62. The number of fused-ring (bicyclic) bond motifs is 1. The SMILES string of the molecule is CCc1csc2nc(C)c(NC(=O)c3ccc(Br)cc3)c(=O)n12. The Morgan fingerprint density at radius 1 is 1.35 bits per heavy atom. The second kappa shape index (κ2) is 6.25. The number of amides is 1. The highest BCUT2D eigenvalue weighted by molar-refractivity contribution is 9.10. The lowest BCUT2D eigenvalue weighted by atomic mass is 10.2. The molecule has 0 spiro atoms. The molecular formula is C16H14BrN3O2S. The maximum atomic E-state index is 12.7. The molecule has 2 heterocycles. The number of rotatable bonds is 3. The van der Waals surface area contributed by atoms with Gasteiger partial charge in [0.05, 0.1) is 5.69 Å². The minimum atomic E-state index is -0.326. The molecule has 1 amide bonds. The number of nitrogens with zero attached hydrogens (tertiary/aromatic N) is 2. The Morgan fingerprint density at radius 3 is 2.70 bits per heavy atom. The van der Waals surface area contributed by atoms with Crippen LogP contribution in [0.25, 0.3) is 4.96 Å². The molecule has 3 aromatic rings. The van der Waals surface area contributed by atoms with Gasteiger partial charge in [-0.3, -0.25) is 14.0 Å². The molecule has 2 aromatic heterocycles. The largest absolute Gasteiger partial charge is 0.316 e. The van der Waals surface area contributed by atoms with Crippen molar-refractivity contribution in [3.8, 4) is 0 Å². The van der Waals surface area contributed by atoms with Crippen LogP contribution in [0.2, 0.25) is 0 Å². The van der Waals surface area contributed by atoms with Crippen molar-refractivity contribution in [3.63, 3.8) is 0 Å². The zero-order valence-electron chi connectivity index (χ0n) is 12.6. The third-order valence-corrected chi connectivity index (χ3v) is 4.93. The van der Waals surface area contributed by atoms with Crippen molar-refractivity contribution in [1.29, 1.82) is 0 Å². The molecule has 0 bridgehead atoms. The van der Waals surface area contributed by atoms with Gasteiger partial charge in [0, 0.05) is 21.1 Å². The second-order valence-electron chi connectivity index (χ2n) is 5.04. The Labute approximate surface area is 145 Å². The molecular weight excluding hydrogens is 378 g/mol. The molecule has 0 radical (unpaired) electrons. The van der Waals surface area contributed by atoms with Crippen LogP contribution >= 0.6 is 27.3 Å². The third-order valence-electron chi connectivity index (χ3n) is 3.53. The number of carbonyl (C=O) groups is 1. The lowest BCUT2D eigenvalue weighted by Gasteiger charge is -2.08. The molecule has 0 saturated heterocycles. The van der Waals surface area contributed by atoms with Gasteiger partial charge in [0.15, 0.2) is 4.96 Å². The summed E-state index contributed by atoms with van der Waals surface area (Å²) >= 11 is 4.76. The Balaban J connectivity index is 2.04. The van der Waals surface area contributed by atoms with Crippen LogP contribution in [0.15, 0.2) is 38.9 Å². The van der Waals surface area contributed by atoms with E-state index in [1.165, 1.54) is 11.3 Å². The lowest BCUT2D eigenvalue weighted by molar-refractivity contribution is 0.102. The average Bonchev–Trinajstić information content (AvgIpc) is 2.94. The average molecular weight is 392 g/mol. The standard InChI is InChI=1S/C16H14BrN3O2S/c1-3-12-8-23-16-18-9(2)13(15(22)20(12)16)19-14(21)10-4-6-11(17)7-5-10/h4-8H,3H2,1-2H3,(H,19,21). The number of hydrogen-bond donors (Lipinski definition) is 1. The van der Waals surface area contributed by atoms with Gasteiger partial charge in [-0.15, -0.1) is 11.3 Å². The zero-order valence-corrected chi connectivity index (χ0v) is 15.0. The fourth-order valence-electron chi connectivity index (χ4n) is 2.28. The minimum Gasteiger partial charge on any atom is -0.316 e. The van der Waals surface area contributed by atoms with Crippen molar-refractivity contribution >= 4 is 43.8 Å². The number of anilines is 1. The molecule has 0 fully saturated rings. The van der Waals surface area contributed by atoms with Gasteiger partial charge < -0.3 is 5.32 Å². The van der Waals surface area contributed by atoms with Crippen LogP contribution < -0.4 is 10.9 Å². The molecule has 0 unspecified atom stereocenters. The Kier molecular flexibility index (Phi) is 4.32. The van der Waals surface area contributed by atoms with Crippen LogP contribution in [0.1, 0.15) is 28.7 Å². The van der Waals surface area contributed by atoms with E-state index in [9.17, 15) is 9.59 Å². The molecule has 1 N–H and O–H groups in total. The van der Waals surface area contributed by atoms with Crippen molar-refractivity contribution in [2.24, 2.45) is 0 Å². The van der Waals surface area contributed by atoms with E-state index in [1.807, 2.05) is 12.3 Å². The minimum absolute atomic E-state index is 0.225. The fourth-order valence-corrected chi connectivity index (χ4v) is 3.55. The van der Waals surface area contributed by atoms with Crippen molar-refractivity contribution in [2.45, 2.75) is 20.3 Å². The van der Waals surface area contributed by atoms with E-state index in [4.69, 9.17) is 0 Å². The zero-order chi connectivity index (χ0) is 16.6.